The third-order valence-electron chi connectivity index (χ3n) is 2.21. The Balaban J connectivity index is 2.31. The van der Waals surface area contributed by atoms with E-state index < -0.39 is 0 Å². The van der Waals surface area contributed by atoms with Gasteiger partial charge in [0.2, 0.25) is 0 Å². The van der Waals surface area contributed by atoms with Gasteiger partial charge in [-0.05, 0) is 29.7 Å². The fourth-order valence-corrected chi connectivity index (χ4v) is 1.72. The first-order valence-corrected chi connectivity index (χ1v) is 5.44. The fourth-order valence-electron chi connectivity index (χ4n) is 1.46. The van der Waals surface area contributed by atoms with E-state index in [0.29, 0.717) is 0 Å². The summed E-state index contributed by atoms with van der Waals surface area (Å²) in [5, 5.41) is 0. The summed E-state index contributed by atoms with van der Waals surface area (Å²) in [6, 6.07) is 8.44. The second-order valence-corrected chi connectivity index (χ2v) is 4.13. The minimum atomic E-state index is 1.01. The van der Waals surface area contributed by atoms with Crippen molar-refractivity contribution in [2.75, 3.05) is 0 Å². The summed E-state index contributed by atoms with van der Waals surface area (Å²) in [7, 11) is 0. The molecular weight excluding hydrogens is 236 g/mol. The molecule has 0 saturated heterocycles. The number of benzene rings is 1. The van der Waals surface area contributed by atoms with Gasteiger partial charge >= 0.3 is 0 Å². The Kier molecular flexibility index (Phi) is 3.00. The Morgan fingerprint density at radius 1 is 0.929 bits per heavy atom. The Hall–Kier alpha value is -1.08. The van der Waals surface area contributed by atoms with Crippen molar-refractivity contribution in [3.8, 4) is 0 Å². The molecule has 1 aromatic carbocycles. The summed E-state index contributed by atoms with van der Waals surface area (Å²) in [6.07, 6.45) is 11.6. The summed E-state index contributed by atoms with van der Waals surface area (Å²) in [6.45, 7) is 0. The van der Waals surface area contributed by atoms with E-state index in [4.69, 9.17) is 0 Å². The van der Waals surface area contributed by atoms with E-state index in [1.54, 1.807) is 0 Å². The Morgan fingerprint density at radius 2 is 1.71 bits per heavy atom. The average Bonchev–Trinajstić information content (AvgIpc) is 2.47. The van der Waals surface area contributed by atoms with Gasteiger partial charge in [0.05, 0.1) is 0 Å². The zero-order chi connectivity index (χ0) is 9.80. The molecule has 0 unspecified atom stereocenters. The van der Waals surface area contributed by atoms with Gasteiger partial charge in [0.15, 0.2) is 0 Å². The van der Waals surface area contributed by atoms with E-state index in [0.717, 1.165) is 10.9 Å². The Morgan fingerprint density at radius 3 is 2.50 bits per heavy atom. The lowest BCUT2D eigenvalue weighted by Crippen LogP contribution is -1.81. The molecule has 0 fully saturated rings. The summed E-state index contributed by atoms with van der Waals surface area (Å²) >= 11 is 3.44. The quantitative estimate of drug-likeness (QED) is 0.692. The molecule has 0 spiro atoms. The molecule has 0 nitrogen and oxygen atoms in total. The second kappa shape index (κ2) is 4.43. The van der Waals surface area contributed by atoms with Crippen molar-refractivity contribution in [1.29, 1.82) is 0 Å². The SMILES string of the molecule is Brc1ccc(C2=CC=CC=CC2)cc1. The largest absolute Gasteiger partial charge is 0.0801 e. The molecule has 1 aliphatic rings. The number of rotatable bonds is 1. The van der Waals surface area contributed by atoms with Crippen molar-refractivity contribution in [2.45, 2.75) is 6.42 Å². The second-order valence-electron chi connectivity index (χ2n) is 3.22. The molecule has 0 saturated carbocycles. The molecule has 0 bridgehead atoms. The van der Waals surface area contributed by atoms with Gasteiger partial charge in [-0.1, -0.05) is 58.4 Å². The van der Waals surface area contributed by atoms with Crippen molar-refractivity contribution in [3.63, 3.8) is 0 Å². The molecule has 1 aliphatic carbocycles. The highest BCUT2D eigenvalue weighted by Gasteiger charge is 1.99. The van der Waals surface area contributed by atoms with Crippen LogP contribution in [-0.2, 0) is 0 Å². The van der Waals surface area contributed by atoms with E-state index in [9.17, 15) is 0 Å². The molecular formula is C13H11Br. The van der Waals surface area contributed by atoms with E-state index in [1.807, 2.05) is 0 Å². The third kappa shape index (κ3) is 2.24. The van der Waals surface area contributed by atoms with Crippen LogP contribution < -0.4 is 0 Å². The normalized spacial score (nSPS) is 15.1. The van der Waals surface area contributed by atoms with E-state index in [1.165, 1.54) is 11.1 Å². The van der Waals surface area contributed by atoms with Crippen LogP contribution in [0.4, 0.5) is 0 Å². The predicted octanol–water partition coefficient (Wildman–Crippen LogP) is 4.35. The highest BCUT2D eigenvalue weighted by Crippen LogP contribution is 2.22. The average molecular weight is 247 g/mol. The van der Waals surface area contributed by atoms with Crippen molar-refractivity contribution in [2.24, 2.45) is 0 Å². The third-order valence-corrected chi connectivity index (χ3v) is 2.74. The van der Waals surface area contributed by atoms with Gasteiger partial charge in [0, 0.05) is 4.47 Å². The van der Waals surface area contributed by atoms with Gasteiger partial charge in [0.1, 0.15) is 0 Å². The van der Waals surface area contributed by atoms with Crippen LogP contribution in [0.3, 0.4) is 0 Å². The number of hydrogen-bond acceptors (Lipinski definition) is 0. The number of hydrogen-bond donors (Lipinski definition) is 0. The van der Waals surface area contributed by atoms with Crippen LogP contribution in [0.1, 0.15) is 12.0 Å². The number of allylic oxidation sites excluding steroid dienone is 6. The molecule has 0 atom stereocenters. The van der Waals surface area contributed by atoms with Crippen LogP contribution in [-0.4, -0.2) is 0 Å². The topological polar surface area (TPSA) is 0 Å². The van der Waals surface area contributed by atoms with E-state index >= 15 is 0 Å². The smallest absolute Gasteiger partial charge is 0.0175 e. The van der Waals surface area contributed by atoms with Crippen LogP contribution in [0.5, 0.6) is 0 Å². The molecule has 0 heterocycles. The lowest BCUT2D eigenvalue weighted by molar-refractivity contribution is 1.39. The first kappa shape index (κ1) is 9.47. The minimum absolute atomic E-state index is 1.01. The lowest BCUT2D eigenvalue weighted by atomic mass is 10.0. The molecule has 1 aromatic rings. The maximum absolute atomic E-state index is 3.44. The molecule has 0 radical (unpaired) electrons. The highest BCUT2D eigenvalue weighted by molar-refractivity contribution is 9.10. The minimum Gasteiger partial charge on any atom is -0.0801 e. The molecule has 70 valence electrons. The van der Waals surface area contributed by atoms with Crippen LogP contribution in [0.2, 0.25) is 0 Å². The fraction of sp³-hybridized carbons (Fsp3) is 0.0769. The molecule has 0 aromatic heterocycles. The molecule has 0 amide bonds. The van der Waals surface area contributed by atoms with E-state index in [2.05, 4.69) is 70.6 Å². The van der Waals surface area contributed by atoms with Crippen LogP contribution in [0.25, 0.3) is 5.57 Å². The van der Waals surface area contributed by atoms with Gasteiger partial charge < -0.3 is 0 Å². The summed E-state index contributed by atoms with van der Waals surface area (Å²) in [4.78, 5) is 0. The van der Waals surface area contributed by atoms with Gasteiger partial charge in [-0.2, -0.15) is 0 Å². The van der Waals surface area contributed by atoms with Gasteiger partial charge in [0.25, 0.3) is 0 Å². The Labute approximate surface area is 92.8 Å². The lowest BCUT2D eigenvalue weighted by Gasteiger charge is -2.03. The zero-order valence-corrected chi connectivity index (χ0v) is 9.37. The molecule has 0 N–H and O–H groups in total. The summed E-state index contributed by atoms with van der Waals surface area (Å²) in [5.41, 5.74) is 2.66. The summed E-state index contributed by atoms with van der Waals surface area (Å²) in [5.74, 6) is 0. The maximum atomic E-state index is 3.44. The first-order valence-electron chi connectivity index (χ1n) is 4.64. The highest BCUT2D eigenvalue weighted by atomic mass is 79.9. The first-order chi connectivity index (χ1) is 6.86. The van der Waals surface area contributed by atoms with Gasteiger partial charge in [-0.25, -0.2) is 0 Å². The van der Waals surface area contributed by atoms with Gasteiger partial charge in [-0.15, -0.1) is 0 Å². The predicted molar refractivity (Wildman–Crippen MR) is 65.0 cm³/mol. The molecule has 2 rings (SSSR count). The zero-order valence-electron chi connectivity index (χ0n) is 7.78. The summed E-state index contributed by atoms with van der Waals surface area (Å²) < 4.78 is 1.13. The monoisotopic (exact) mass is 246 g/mol. The van der Waals surface area contributed by atoms with Gasteiger partial charge in [-0.3, -0.25) is 0 Å². The Bertz CT molecular complexity index is 394. The van der Waals surface area contributed by atoms with Crippen LogP contribution >= 0.6 is 15.9 Å². The van der Waals surface area contributed by atoms with E-state index in [-0.39, 0.29) is 0 Å². The van der Waals surface area contributed by atoms with Crippen molar-refractivity contribution < 1.29 is 0 Å². The molecule has 1 heteroatoms. The molecule has 14 heavy (non-hydrogen) atoms. The van der Waals surface area contributed by atoms with Crippen molar-refractivity contribution in [1.82, 2.24) is 0 Å². The standard InChI is InChI=1S/C13H11Br/c14-13-9-7-12(8-10-13)11-5-3-1-2-4-6-11/h1-5,7-10H,6H2. The molecule has 0 aliphatic heterocycles. The maximum Gasteiger partial charge on any atom is 0.0175 e. The van der Waals surface area contributed by atoms with Crippen molar-refractivity contribution in [3.05, 3.63) is 64.7 Å². The van der Waals surface area contributed by atoms with Crippen LogP contribution in [0, 0.1) is 0 Å². The van der Waals surface area contributed by atoms with Crippen molar-refractivity contribution >= 4 is 21.5 Å². The number of halogens is 1. The van der Waals surface area contributed by atoms with Crippen LogP contribution in [0.15, 0.2) is 59.1 Å².